The Kier molecular flexibility index (Phi) is 10.2. The molecule has 140 valence electrons. The Morgan fingerprint density at radius 3 is 1.96 bits per heavy atom. The van der Waals surface area contributed by atoms with Crippen LogP contribution in [0.15, 0.2) is 57.5 Å². The number of hydrogen-bond donors (Lipinski definition) is 1. The van der Waals surface area contributed by atoms with Crippen LogP contribution < -0.4 is 0 Å². The Morgan fingerprint density at radius 2 is 1.50 bits per heavy atom. The summed E-state index contributed by atoms with van der Waals surface area (Å²) < 4.78 is 6.96. The first kappa shape index (κ1) is 22.4. The van der Waals surface area contributed by atoms with Gasteiger partial charge in [0, 0.05) is 15.4 Å². The Hall–Kier alpha value is -1.66. The van der Waals surface area contributed by atoms with Crippen molar-refractivity contribution in [3.8, 4) is 0 Å². The van der Waals surface area contributed by atoms with Crippen molar-refractivity contribution in [2.75, 3.05) is 6.61 Å². The molecular formula is C20H22Br2O4. The fraction of sp³-hybridized carbons (Fsp3) is 0.300. The minimum Gasteiger partial charge on any atom is -0.481 e. The highest BCUT2D eigenvalue weighted by atomic mass is 79.9. The average molecular weight is 486 g/mol. The van der Waals surface area contributed by atoms with E-state index in [4.69, 9.17) is 9.84 Å². The molecule has 1 N–H and O–H groups in total. The molecule has 0 heterocycles. The van der Waals surface area contributed by atoms with Gasteiger partial charge in [-0.15, -0.1) is 0 Å². The topological polar surface area (TPSA) is 63.6 Å². The lowest BCUT2D eigenvalue weighted by Crippen LogP contribution is -2.12. The van der Waals surface area contributed by atoms with Crippen LogP contribution in [0.5, 0.6) is 0 Å². The molecule has 0 amide bonds. The number of benzene rings is 2. The van der Waals surface area contributed by atoms with E-state index in [0.29, 0.717) is 13.0 Å². The van der Waals surface area contributed by atoms with Gasteiger partial charge in [0.05, 0.1) is 12.5 Å². The number of carbonyl (C=O) groups is 2. The monoisotopic (exact) mass is 484 g/mol. The summed E-state index contributed by atoms with van der Waals surface area (Å²) in [4.78, 5) is 21.6. The van der Waals surface area contributed by atoms with Crippen LogP contribution in [0.2, 0.25) is 0 Å². The first-order valence-electron chi connectivity index (χ1n) is 8.21. The van der Waals surface area contributed by atoms with Gasteiger partial charge in [0.25, 0.3) is 0 Å². The lowest BCUT2D eigenvalue weighted by atomic mass is 10.0. The molecule has 0 radical (unpaired) electrons. The number of rotatable bonds is 6. The molecule has 0 aliphatic heterocycles. The number of hydrogen-bond acceptors (Lipinski definition) is 3. The molecule has 0 spiro atoms. The van der Waals surface area contributed by atoms with E-state index < -0.39 is 5.97 Å². The summed E-state index contributed by atoms with van der Waals surface area (Å²) in [5.41, 5.74) is 2.03. The van der Waals surface area contributed by atoms with E-state index in [1.807, 2.05) is 62.4 Å². The Bertz CT molecular complexity index is 697. The molecule has 4 nitrogen and oxygen atoms in total. The highest BCUT2D eigenvalue weighted by Crippen LogP contribution is 2.19. The van der Waals surface area contributed by atoms with Gasteiger partial charge in [0.1, 0.15) is 0 Å². The maximum atomic E-state index is 11.4. The fourth-order valence-electron chi connectivity index (χ4n) is 2.06. The normalized spacial score (nSPS) is 11.1. The van der Waals surface area contributed by atoms with Gasteiger partial charge >= 0.3 is 11.9 Å². The summed E-state index contributed by atoms with van der Waals surface area (Å²) in [5.74, 6) is -1.12. The van der Waals surface area contributed by atoms with Crippen LogP contribution in [-0.4, -0.2) is 23.7 Å². The zero-order valence-corrected chi connectivity index (χ0v) is 17.9. The highest BCUT2D eigenvalue weighted by Gasteiger charge is 2.15. The van der Waals surface area contributed by atoms with Gasteiger partial charge in [-0.25, -0.2) is 0 Å². The number of esters is 1. The third-order valence-corrected chi connectivity index (χ3v) is 4.61. The van der Waals surface area contributed by atoms with Gasteiger partial charge in [-0.3, -0.25) is 9.59 Å². The Balaban J connectivity index is 0.000000263. The highest BCUT2D eigenvalue weighted by molar-refractivity contribution is 9.10. The van der Waals surface area contributed by atoms with Gasteiger partial charge in [0.2, 0.25) is 0 Å². The summed E-state index contributed by atoms with van der Waals surface area (Å²) in [5, 5.41) is 8.42. The number of carboxylic acid groups (broad SMARTS) is 1. The maximum absolute atomic E-state index is 11.4. The first-order valence-corrected chi connectivity index (χ1v) is 9.80. The second-order valence-electron chi connectivity index (χ2n) is 5.55. The molecule has 0 bridgehead atoms. The molecule has 2 aromatic carbocycles. The maximum Gasteiger partial charge on any atom is 0.313 e. The minimum atomic E-state index is -0.752. The van der Waals surface area contributed by atoms with Gasteiger partial charge < -0.3 is 9.84 Å². The molecular weight excluding hydrogens is 464 g/mol. The van der Waals surface area contributed by atoms with E-state index in [1.54, 1.807) is 0 Å². The van der Waals surface area contributed by atoms with Crippen LogP contribution in [0.1, 0.15) is 37.3 Å². The van der Waals surface area contributed by atoms with Crippen molar-refractivity contribution < 1.29 is 19.4 Å². The van der Waals surface area contributed by atoms with E-state index in [2.05, 4.69) is 31.9 Å². The molecule has 0 aliphatic carbocycles. The van der Waals surface area contributed by atoms with Crippen LogP contribution in [0, 0.1) is 0 Å². The number of carbonyl (C=O) groups excluding carboxylic acids is 1. The van der Waals surface area contributed by atoms with Crippen LogP contribution in [0.25, 0.3) is 0 Å². The Labute approximate surface area is 170 Å². The smallest absolute Gasteiger partial charge is 0.313 e. The third kappa shape index (κ3) is 8.63. The van der Waals surface area contributed by atoms with Crippen molar-refractivity contribution in [1.29, 1.82) is 0 Å². The standard InChI is InChI=1S/C11H13BrO2.C9H9BrO2/c1-3-14-11(13)8(2)9-4-6-10(12)7-5-9;10-8-4-1-7(2-5-8)3-6-9(11)12/h4-8H,3H2,1-2H3;1-2,4-5H,3,6H2,(H,11,12). The average Bonchev–Trinajstić information content (AvgIpc) is 2.62. The molecule has 1 atom stereocenters. The molecule has 0 aromatic heterocycles. The number of aryl methyl sites for hydroxylation is 1. The second kappa shape index (κ2) is 11.9. The molecule has 26 heavy (non-hydrogen) atoms. The number of aliphatic carboxylic acids is 1. The van der Waals surface area contributed by atoms with E-state index in [-0.39, 0.29) is 18.3 Å². The zero-order valence-electron chi connectivity index (χ0n) is 14.7. The van der Waals surface area contributed by atoms with Gasteiger partial charge in [-0.1, -0.05) is 56.1 Å². The molecule has 2 aromatic rings. The summed E-state index contributed by atoms with van der Waals surface area (Å²) in [6.45, 7) is 4.09. The van der Waals surface area contributed by atoms with Gasteiger partial charge in [-0.05, 0) is 55.7 Å². The summed E-state index contributed by atoms with van der Waals surface area (Å²) in [6.07, 6.45) is 0.796. The lowest BCUT2D eigenvalue weighted by molar-refractivity contribution is -0.144. The number of carboxylic acids is 1. The van der Waals surface area contributed by atoms with E-state index >= 15 is 0 Å². The van der Waals surface area contributed by atoms with E-state index in [0.717, 1.165) is 20.1 Å². The van der Waals surface area contributed by atoms with E-state index in [1.165, 1.54) is 0 Å². The van der Waals surface area contributed by atoms with Gasteiger partial charge in [-0.2, -0.15) is 0 Å². The van der Waals surface area contributed by atoms with E-state index in [9.17, 15) is 9.59 Å². The van der Waals surface area contributed by atoms with Crippen LogP contribution in [0.4, 0.5) is 0 Å². The Morgan fingerprint density at radius 1 is 1.00 bits per heavy atom. The predicted octanol–water partition coefficient (Wildman–Crippen LogP) is 5.58. The summed E-state index contributed by atoms with van der Waals surface area (Å²) >= 11 is 6.66. The second-order valence-corrected chi connectivity index (χ2v) is 7.38. The molecule has 0 fully saturated rings. The third-order valence-electron chi connectivity index (χ3n) is 3.55. The van der Waals surface area contributed by atoms with Crippen molar-refractivity contribution in [3.63, 3.8) is 0 Å². The molecule has 6 heteroatoms. The quantitative estimate of drug-likeness (QED) is 0.542. The predicted molar refractivity (Wildman–Crippen MR) is 109 cm³/mol. The van der Waals surface area contributed by atoms with Crippen LogP contribution >= 0.6 is 31.9 Å². The summed E-state index contributed by atoms with van der Waals surface area (Å²) in [7, 11) is 0. The zero-order chi connectivity index (χ0) is 19.5. The van der Waals surface area contributed by atoms with Crippen LogP contribution in [0.3, 0.4) is 0 Å². The van der Waals surface area contributed by atoms with Crippen molar-refractivity contribution in [1.82, 2.24) is 0 Å². The van der Waals surface area contributed by atoms with Crippen LogP contribution in [-0.2, 0) is 20.7 Å². The largest absolute Gasteiger partial charge is 0.481 e. The SMILES string of the molecule is CCOC(=O)C(C)c1ccc(Br)cc1.O=C(O)CCc1ccc(Br)cc1. The number of halogens is 2. The molecule has 1 unspecified atom stereocenters. The van der Waals surface area contributed by atoms with Crippen molar-refractivity contribution >= 4 is 43.8 Å². The molecule has 2 rings (SSSR count). The van der Waals surface area contributed by atoms with Crippen molar-refractivity contribution in [3.05, 3.63) is 68.6 Å². The lowest BCUT2D eigenvalue weighted by Gasteiger charge is -2.10. The first-order chi connectivity index (χ1) is 12.3. The molecule has 0 saturated heterocycles. The fourth-order valence-corrected chi connectivity index (χ4v) is 2.59. The minimum absolute atomic E-state index is 0.171. The number of ether oxygens (including phenoxy) is 1. The molecule has 0 saturated carbocycles. The van der Waals surface area contributed by atoms with Crippen molar-refractivity contribution in [2.24, 2.45) is 0 Å². The van der Waals surface area contributed by atoms with Crippen molar-refractivity contribution in [2.45, 2.75) is 32.6 Å². The molecule has 0 aliphatic rings. The summed E-state index contributed by atoms with van der Waals surface area (Å²) in [6, 6.07) is 15.4. The van der Waals surface area contributed by atoms with Gasteiger partial charge in [0.15, 0.2) is 0 Å².